The molecule has 152 valence electrons. The van der Waals surface area contributed by atoms with Crippen molar-refractivity contribution in [2.24, 2.45) is 11.8 Å². The molecule has 0 bridgehead atoms. The number of carbonyl (C=O) groups excluding carboxylic acids is 2. The van der Waals surface area contributed by atoms with Crippen LogP contribution in [0.5, 0.6) is 5.75 Å². The number of piperidine rings is 1. The fourth-order valence-corrected chi connectivity index (χ4v) is 4.45. The summed E-state index contributed by atoms with van der Waals surface area (Å²) in [6, 6.07) is 7.78. The summed E-state index contributed by atoms with van der Waals surface area (Å²) >= 11 is 0. The van der Waals surface area contributed by atoms with E-state index < -0.39 is 0 Å². The van der Waals surface area contributed by atoms with Crippen LogP contribution in [0.25, 0.3) is 0 Å². The number of likely N-dealkylation sites (tertiary alicyclic amines) is 1. The molecule has 1 saturated heterocycles. The molecule has 2 saturated carbocycles. The summed E-state index contributed by atoms with van der Waals surface area (Å²) in [7, 11) is 0. The Morgan fingerprint density at radius 2 is 1.86 bits per heavy atom. The molecule has 3 aliphatic rings. The minimum absolute atomic E-state index is 0.0186. The van der Waals surface area contributed by atoms with Crippen molar-refractivity contribution in [3.05, 3.63) is 29.8 Å². The van der Waals surface area contributed by atoms with Crippen molar-refractivity contribution < 1.29 is 14.3 Å². The van der Waals surface area contributed by atoms with Gasteiger partial charge in [-0.05, 0) is 56.7 Å². The first-order valence-electron chi connectivity index (χ1n) is 11.0. The Morgan fingerprint density at radius 1 is 1.04 bits per heavy atom. The van der Waals surface area contributed by atoms with E-state index in [0.717, 1.165) is 57.4 Å². The van der Waals surface area contributed by atoms with Gasteiger partial charge < -0.3 is 15.0 Å². The minimum Gasteiger partial charge on any atom is -0.493 e. The van der Waals surface area contributed by atoms with Crippen molar-refractivity contribution >= 4 is 11.8 Å². The smallest absolute Gasteiger partial charge is 0.251 e. The van der Waals surface area contributed by atoms with Crippen molar-refractivity contribution in [1.82, 2.24) is 10.2 Å². The molecule has 0 spiro atoms. The van der Waals surface area contributed by atoms with Crippen LogP contribution in [0, 0.1) is 11.8 Å². The van der Waals surface area contributed by atoms with Gasteiger partial charge in [0.15, 0.2) is 0 Å². The number of nitrogens with one attached hydrogen (secondary N) is 1. The first-order valence-corrected chi connectivity index (χ1v) is 11.0. The highest BCUT2D eigenvalue weighted by atomic mass is 16.5. The third kappa shape index (κ3) is 5.06. The molecule has 28 heavy (non-hydrogen) atoms. The van der Waals surface area contributed by atoms with Gasteiger partial charge in [-0.3, -0.25) is 9.59 Å². The molecule has 5 nitrogen and oxygen atoms in total. The number of carbonyl (C=O) groups is 2. The zero-order valence-corrected chi connectivity index (χ0v) is 16.7. The normalized spacial score (nSPS) is 23.3. The van der Waals surface area contributed by atoms with Crippen LogP contribution < -0.4 is 10.1 Å². The highest BCUT2D eigenvalue weighted by Gasteiger charge is 2.30. The number of ether oxygens (including phenoxy) is 1. The van der Waals surface area contributed by atoms with Gasteiger partial charge in [0.05, 0.1) is 6.61 Å². The molecule has 3 fully saturated rings. The molecule has 2 amide bonds. The number of amides is 2. The molecule has 1 aromatic rings. The van der Waals surface area contributed by atoms with E-state index in [0.29, 0.717) is 30.0 Å². The third-order valence-corrected chi connectivity index (χ3v) is 6.28. The van der Waals surface area contributed by atoms with Crippen molar-refractivity contribution in [2.45, 2.75) is 63.8 Å². The van der Waals surface area contributed by atoms with Gasteiger partial charge in [0.1, 0.15) is 5.75 Å². The highest BCUT2D eigenvalue weighted by molar-refractivity contribution is 5.94. The molecule has 0 unspecified atom stereocenters. The Hall–Kier alpha value is -2.04. The fraction of sp³-hybridized carbons (Fsp3) is 0.652. The van der Waals surface area contributed by atoms with Gasteiger partial charge in [-0.15, -0.1) is 0 Å². The molecule has 4 rings (SSSR count). The van der Waals surface area contributed by atoms with Crippen LogP contribution in [0.1, 0.15) is 68.1 Å². The second-order valence-corrected chi connectivity index (χ2v) is 8.71. The third-order valence-electron chi connectivity index (χ3n) is 6.28. The largest absolute Gasteiger partial charge is 0.493 e. The van der Waals surface area contributed by atoms with Crippen LogP contribution in [0.3, 0.4) is 0 Å². The quantitative estimate of drug-likeness (QED) is 0.812. The van der Waals surface area contributed by atoms with E-state index in [1.807, 2.05) is 24.3 Å². The highest BCUT2D eigenvalue weighted by Crippen LogP contribution is 2.28. The van der Waals surface area contributed by atoms with Gasteiger partial charge >= 0.3 is 0 Å². The van der Waals surface area contributed by atoms with Crippen LogP contribution >= 0.6 is 0 Å². The van der Waals surface area contributed by atoms with Gasteiger partial charge in [-0.2, -0.15) is 0 Å². The van der Waals surface area contributed by atoms with E-state index in [1.54, 1.807) is 0 Å². The van der Waals surface area contributed by atoms with E-state index in [-0.39, 0.29) is 11.8 Å². The van der Waals surface area contributed by atoms with Crippen LogP contribution in [0.4, 0.5) is 0 Å². The SMILES string of the molecule is O=C(NC1CC1)c1cccc(OC[C@@H]2CCCN(C(=O)C3CCCCC3)C2)c1. The number of hydrogen-bond donors (Lipinski definition) is 1. The summed E-state index contributed by atoms with van der Waals surface area (Å²) in [4.78, 5) is 27.1. The Balaban J connectivity index is 1.28. The first kappa shape index (κ1) is 19.3. The predicted molar refractivity (Wildman–Crippen MR) is 108 cm³/mol. The Bertz CT molecular complexity index is 695. The zero-order valence-electron chi connectivity index (χ0n) is 16.7. The van der Waals surface area contributed by atoms with Crippen molar-refractivity contribution in [3.8, 4) is 5.75 Å². The van der Waals surface area contributed by atoms with Gasteiger partial charge in [-0.25, -0.2) is 0 Å². The van der Waals surface area contributed by atoms with Gasteiger partial charge in [0.25, 0.3) is 5.91 Å². The number of benzene rings is 1. The molecule has 1 N–H and O–H groups in total. The van der Waals surface area contributed by atoms with E-state index in [4.69, 9.17) is 4.74 Å². The molecule has 0 radical (unpaired) electrons. The molecule has 2 aliphatic carbocycles. The van der Waals surface area contributed by atoms with Crippen molar-refractivity contribution in [3.63, 3.8) is 0 Å². The van der Waals surface area contributed by atoms with Crippen LogP contribution in [0.2, 0.25) is 0 Å². The number of hydrogen-bond acceptors (Lipinski definition) is 3. The maximum absolute atomic E-state index is 12.8. The van der Waals surface area contributed by atoms with E-state index >= 15 is 0 Å². The average molecular weight is 385 g/mol. The van der Waals surface area contributed by atoms with Crippen molar-refractivity contribution in [2.75, 3.05) is 19.7 Å². The molecule has 1 aliphatic heterocycles. The predicted octanol–water partition coefficient (Wildman–Crippen LogP) is 3.78. The minimum atomic E-state index is -0.0186. The summed E-state index contributed by atoms with van der Waals surface area (Å²) in [6.07, 6.45) is 10.1. The number of nitrogens with zero attached hydrogens (tertiary/aromatic N) is 1. The maximum atomic E-state index is 12.8. The molecule has 5 heteroatoms. The first-order chi connectivity index (χ1) is 13.7. The molecule has 0 aromatic heterocycles. The summed E-state index contributed by atoms with van der Waals surface area (Å²) in [5, 5.41) is 3.01. The lowest BCUT2D eigenvalue weighted by Gasteiger charge is -2.35. The van der Waals surface area contributed by atoms with E-state index in [9.17, 15) is 9.59 Å². The molecular formula is C23H32N2O3. The Kier molecular flexibility index (Phi) is 6.18. The van der Waals surface area contributed by atoms with Gasteiger partial charge in [0, 0.05) is 36.5 Å². The van der Waals surface area contributed by atoms with Crippen molar-refractivity contribution in [1.29, 1.82) is 0 Å². The zero-order chi connectivity index (χ0) is 19.3. The summed E-state index contributed by atoms with van der Waals surface area (Å²) in [6.45, 7) is 2.29. The van der Waals surface area contributed by atoms with Gasteiger partial charge in [0.2, 0.25) is 5.91 Å². The average Bonchev–Trinajstić information content (AvgIpc) is 3.57. The summed E-state index contributed by atoms with van der Waals surface area (Å²) < 4.78 is 6.01. The molecular weight excluding hydrogens is 352 g/mol. The Labute approximate surface area is 167 Å². The van der Waals surface area contributed by atoms with Gasteiger partial charge in [-0.1, -0.05) is 25.3 Å². The molecule has 1 heterocycles. The number of rotatable bonds is 6. The lowest BCUT2D eigenvalue weighted by molar-refractivity contribution is -0.138. The Morgan fingerprint density at radius 3 is 2.64 bits per heavy atom. The molecule has 1 aromatic carbocycles. The topological polar surface area (TPSA) is 58.6 Å². The summed E-state index contributed by atoms with van der Waals surface area (Å²) in [5.74, 6) is 1.69. The fourth-order valence-electron chi connectivity index (χ4n) is 4.45. The molecule has 1 atom stereocenters. The standard InChI is InChI=1S/C23H32N2O3/c26-22(24-20-11-12-20)19-9-4-10-21(14-19)28-16-17-6-5-13-25(15-17)23(27)18-7-2-1-3-8-18/h4,9-10,14,17-18,20H,1-3,5-8,11-13,15-16H2,(H,24,26)/t17-/m1/s1. The maximum Gasteiger partial charge on any atom is 0.251 e. The van der Waals surface area contributed by atoms with E-state index in [2.05, 4.69) is 10.2 Å². The lowest BCUT2D eigenvalue weighted by Crippen LogP contribution is -2.44. The second kappa shape index (κ2) is 8.97. The summed E-state index contributed by atoms with van der Waals surface area (Å²) in [5.41, 5.74) is 0.655. The second-order valence-electron chi connectivity index (χ2n) is 8.71. The van der Waals surface area contributed by atoms with Crippen LogP contribution in [-0.4, -0.2) is 42.5 Å². The van der Waals surface area contributed by atoms with Crippen LogP contribution in [0.15, 0.2) is 24.3 Å². The van der Waals surface area contributed by atoms with E-state index in [1.165, 1.54) is 19.3 Å². The van der Waals surface area contributed by atoms with Crippen LogP contribution in [-0.2, 0) is 4.79 Å². The lowest BCUT2D eigenvalue weighted by atomic mass is 9.87. The monoisotopic (exact) mass is 384 g/mol.